The van der Waals surface area contributed by atoms with Crippen LogP contribution in [0.15, 0.2) is 48.8 Å². The molecule has 1 atom stereocenters. The first-order valence-corrected chi connectivity index (χ1v) is 9.35. The summed E-state index contributed by atoms with van der Waals surface area (Å²) in [5, 5.41) is 5.35. The van der Waals surface area contributed by atoms with Gasteiger partial charge in [0.25, 0.3) is 0 Å². The van der Waals surface area contributed by atoms with E-state index >= 15 is 0 Å². The molecule has 146 valence electrons. The van der Waals surface area contributed by atoms with E-state index < -0.39 is 0 Å². The molecule has 8 nitrogen and oxygen atoms in total. The topological polar surface area (TPSA) is 113 Å². The van der Waals surface area contributed by atoms with Gasteiger partial charge in [-0.15, -0.1) is 0 Å². The van der Waals surface area contributed by atoms with Gasteiger partial charge >= 0.3 is 6.03 Å². The fraction of sp³-hybridized carbons (Fsp3) is 0.190. The minimum absolute atomic E-state index is 0.0586. The van der Waals surface area contributed by atoms with Gasteiger partial charge in [0, 0.05) is 30.4 Å². The molecule has 0 spiro atoms. The average Bonchev–Trinajstić information content (AvgIpc) is 3.12. The van der Waals surface area contributed by atoms with Crippen LogP contribution >= 0.6 is 0 Å². The van der Waals surface area contributed by atoms with E-state index in [2.05, 4.69) is 30.6 Å². The molecule has 2 amide bonds. The van der Waals surface area contributed by atoms with Crippen molar-refractivity contribution in [2.24, 2.45) is 5.92 Å². The van der Waals surface area contributed by atoms with Gasteiger partial charge in [-0.2, -0.15) is 0 Å². The van der Waals surface area contributed by atoms with Crippen molar-refractivity contribution in [2.75, 3.05) is 11.9 Å². The standard InChI is InChI=1S/C21H20N6O2/c1-3-22-21(29)27-20-25-16-10-14(13-6-5-12(2)17(28)11-13)9-15(18(16)26-20)19-23-7-4-8-24-19/h4-12H,3H2,1-2H3,(H3,22,25,26,27,29). The van der Waals surface area contributed by atoms with Crippen LogP contribution in [-0.4, -0.2) is 38.3 Å². The number of carbonyl (C=O) groups is 2. The van der Waals surface area contributed by atoms with E-state index in [4.69, 9.17) is 0 Å². The molecule has 0 saturated carbocycles. The SMILES string of the molecule is CCNC(=O)Nc1nc2c(-c3ncccn3)cc(C3=CC(=O)C(C)C=C3)cc2[nH]1. The van der Waals surface area contributed by atoms with Crippen LogP contribution in [0.1, 0.15) is 19.4 Å². The number of aromatic nitrogens is 4. The zero-order valence-electron chi connectivity index (χ0n) is 16.1. The summed E-state index contributed by atoms with van der Waals surface area (Å²) in [5.74, 6) is 0.761. The first-order valence-electron chi connectivity index (χ1n) is 9.35. The molecule has 2 aromatic heterocycles. The highest BCUT2D eigenvalue weighted by Crippen LogP contribution is 2.32. The molecule has 1 aliphatic carbocycles. The number of fused-ring (bicyclic) bond motifs is 1. The molecular weight excluding hydrogens is 368 g/mol. The second-order valence-electron chi connectivity index (χ2n) is 6.71. The first kappa shape index (κ1) is 18.5. The van der Waals surface area contributed by atoms with E-state index in [9.17, 15) is 9.59 Å². The molecule has 0 saturated heterocycles. The van der Waals surface area contributed by atoms with E-state index in [1.54, 1.807) is 24.5 Å². The summed E-state index contributed by atoms with van der Waals surface area (Å²) in [6, 6.07) is 5.20. The lowest BCUT2D eigenvalue weighted by Crippen LogP contribution is -2.28. The van der Waals surface area contributed by atoms with Gasteiger partial charge in [0.2, 0.25) is 5.95 Å². The van der Waals surface area contributed by atoms with Crippen molar-refractivity contribution in [3.05, 3.63) is 54.4 Å². The molecule has 8 heteroatoms. The average molecular weight is 388 g/mol. The third kappa shape index (κ3) is 3.77. The maximum atomic E-state index is 12.2. The molecule has 4 rings (SSSR count). The van der Waals surface area contributed by atoms with Crippen molar-refractivity contribution in [1.29, 1.82) is 0 Å². The summed E-state index contributed by atoms with van der Waals surface area (Å²) >= 11 is 0. The largest absolute Gasteiger partial charge is 0.338 e. The van der Waals surface area contributed by atoms with Gasteiger partial charge in [0.05, 0.1) is 5.52 Å². The summed E-state index contributed by atoms with van der Waals surface area (Å²) in [6.07, 6.45) is 8.78. The van der Waals surface area contributed by atoms with E-state index in [1.165, 1.54) is 0 Å². The van der Waals surface area contributed by atoms with Gasteiger partial charge in [-0.25, -0.2) is 19.7 Å². The van der Waals surface area contributed by atoms with Crippen molar-refractivity contribution in [1.82, 2.24) is 25.3 Å². The number of amides is 2. The Morgan fingerprint density at radius 1 is 1.24 bits per heavy atom. The Balaban J connectivity index is 1.84. The van der Waals surface area contributed by atoms with Crippen LogP contribution in [0, 0.1) is 5.92 Å². The number of rotatable bonds is 4. The number of hydrogen-bond acceptors (Lipinski definition) is 5. The van der Waals surface area contributed by atoms with Crippen molar-refractivity contribution < 1.29 is 9.59 Å². The number of urea groups is 1. The Morgan fingerprint density at radius 3 is 2.76 bits per heavy atom. The maximum absolute atomic E-state index is 12.2. The van der Waals surface area contributed by atoms with Gasteiger partial charge in [-0.1, -0.05) is 19.1 Å². The lowest BCUT2D eigenvalue weighted by molar-refractivity contribution is -0.116. The number of allylic oxidation sites excluding steroid dienone is 4. The normalized spacial score (nSPS) is 16.0. The highest BCUT2D eigenvalue weighted by atomic mass is 16.2. The van der Waals surface area contributed by atoms with Crippen LogP contribution in [0.5, 0.6) is 0 Å². The third-order valence-electron chi connectivity index (χ3n) is 4.61. The molecular formula is C21H20N6O2. The molecule has 2 heterocycles. The van der Waals surface area contributed by atoms with E-state index in [-0.39, 0.29) is 17.7 Å². The predicted molar refractivity (Wildman–Crippen MR) is 111 cm³/mol. The molecule has 1 aliphatic rings. The Bertz CT molecular complexity index is 1150. The fourth-order valence-corrected chi connectivity index (χ4v) is 3.12. The number of imidazole rings is 1. The molecule has 0 bridgehead atoms. The number of benzene rings is 1. The fourth-order valence-electron chi connectivity index (χ4n) is 3.12. The Hall–Kier alpha value is -3.81. The van der Waals surface area contributed by atoms with Gasteiger partial charge in [0.15, 0.2) is 11.6 Å². The van der Waals surface area contributed by atoms with Crippen LogP contribution in [0.25, 0.3) is 28.0 Å². The van der Waals surface area contributed by atoms with Crippen LogP contribution in [0.4, 0.5) is 10.7 Å². The monoisotopic (exact) mass is 388 g/mol. The molecule has 0 aliphatic heterocycles. The summed E-state index contributed by atoms with van der Waals surface area (Å²) in [5.41, 5.74) is 3.69. The number of carbonyl (C=O) groups excluding carboxylic acids is 2. The van der Waals surface area contributed by atoms with Gasteiger partial charge in [-0.05, 0) is 42.3 Å². The Labute approximate surface area is 167 Å². The number of H-pyrrole nitrogens is 1. The number of hydrogen-bond donors (Lipinski definition) is 3. The number of nitrogens with one attached hydrogen (secondary N) is 3. The maximum Gasteiger partial charge on any atom is 0.321 e. The predicted octanol–water partition coefficient (Wildman–Crippen LogP) is 3.32. The van der Waals surface area contributed by atoms with Crippen molar-refractivity contribution >= 4 is 34.4 Å². The summed E-state index contributed by atoms with van der Waals surface area (Å²) in [4.78, 5) is 40.3. The van der Waals surface area contributed by atoms with E-state index in [0.717, 1.165) is 11.1 Å². The van der Waals surface area contributed by atoms with Crippen LogP contribution in [0.2, 0.25) is 0 Å². The van der Waals surface area contributed by atoms with Gasteiger partial charge in [0.1, 0.15) is 5.52 Å². The molecule has 3 aromatic rings. The van der Waals surface area contributed by atoms with Crippen LogP contribution in [0.3, 0.4) is 0 Å². The van der Waals surface area contributed by atoms with Gasteiger partial charge in [-0.3, -0.25) is 10.1 Å². The van der Waals surface area contributed by atoms with E-state index in [0.29, 0.717) is 34.9 Å². The molecule has 3 N–H and O–H groups in total. The molecule has 1 aromatic carbocycles. The molecule has 0 radical (unpaired) electrons. The highest BCUT2D eigenvalue weighted by molar-refractivity contribution is 6.05. The quantitative estimate of drug-likeness (QED) is 0.635. The van der Waals surface area contributed by atoms with Crippen molar-refractivity contribution in [3.63, 3.8) is 0 Å². The number of ketones is 1. The van der Waals surface area contributed by atoms with Crippen LogP contribution < -0.4 is 10.6 Å². The number of nitrogens with zero attached hydrogens (tertiary/aromatic N) is 3. The Morgan fingerprint density at radius 2 is 2.03 bits per heavy atom. The number of anilines is 1. The van der Waals surface area contributed by atoms with Crippen molar-refractivity contribution in [2.45, 2.75) is 13.8 Å². The lowest BCUT2D eigenvalue weighted by atomic mass is 9.92. The second kappa shape index (κ2) is 7.67. The minimum atomic E-state index is -0.346. The minimum Gasteiger partial charge on any atom is -0.338 e. The highest BCUT2D eigenvalue weighted by Gasteiger charge is 2.18. The van der Waals surface area contributed by atoms with E-state index in [1.807, 2.05) is 38.1 Å². The number of aromatic amines is 1. The smallest absolute Gasteiger partial charge is 0.321 e. The lowest BCUT2D eigenvalue weighted by Gasteiger charge is -2.12. The third-order valence-corrected chi connectivity index (χ3v) is 4.61. The molecule has 29 heavy (non-hydrogen) atoms. The van der Waals surface area contributed by atoms with Gasteiger partial charge < -0.3 is 10.3 Å². The molecule has 0 fully saturated rings. The summed E-state index contributed by atoms with van der Waals surface area (Å²) < 4.78 is 0. The van der Waals surface area contributed by atoms with Crippen molar-refractivity contribution in [3.8, 4) is 11.4 Å². The van der Waals surface area contributed by atoms with Crippen LogP contribution in [-0.2, 0) is 4.79 Å². The Kier molecular flexibility index (Phi) is 4.90. The summed E-state index contributed by atoms with van der Waals surface area (Å²) in [6.45, 7) is 4.21. The molecule has 1 unspecified atom stereocenters. The zero-order valence-corrected chi connectivity index (χ0v) is 16.1. The first-order chi connectivity index (χ1) is 14.0. The summed E-state index contributed by atoms with van der Waals surface area (Å²) in [7, 11) is 0. The second-order valence-corrected chi connectivity index (χ2v) is 6.71. The zero-order chi connectivity index (χ0) is 20.4.